The van der Waals surface area contributed by atoms with Gasteiger partial charge < -0.3 is 9.30 Å². The molecule has 1 aromatic heterocycles. The van der Waals surface area contributed by atoms with Gasteiger partial charge in [-0.3, -0.25) is 4.79 Å². The number of hydrogen-bond acceptors (Lipinski definition) is 3. The molecule has 0 fully saturated rings. The molecule has 25 heavy (non-hydrogen) atoms. The average Bonchev–Trinajstić information content (AvgIpc) is 2.50. The molecule has 0 saturated heterocycles. The lowest BCUT2D eigenvalue weighted by Gasteiger charge is -2.14. The summed E-state index contributed by atoms with van der Waals surface area (Å²) in [6.45, 7) is 0.0754. The number of alkyl halides is 3. The van der Waals surface area contributed by atoms with Crippen molar-refractivity contribution >= 4 is 21.9 Å². The summed E-state index contributed by atoms with van der Waals surface area (Å²) in [5.41, 5.74) is -1.32. The molecule has 1 heterocycles. The highest BCUT2D eigenvalue weighted by Crippen LogP contribution is 2.25. The number of esters is 1. The number of benzene rings is 1. The van der Waals surface area contributed by atoms with E-state index < -0.39 is 35.5 Å². The highest BCUT2D eigenvalue weighted by molar-refractivity contribution is 9.10. The monoisotopic (exact) mass is 421 g/mol. The summed E-state index contributed by atoms with van der Waals surface area (Å²) in [5, 5.41) is 0. The van der Waals surface area contributed by atoms with Gasteiger partial charge in [0.1, 0.15) is 17.9 Å². The smallest absolute Gasteiger partial charge is 0.406 e. The number of ether oxygens (including phenoxy) is 1. The van der Waals surface area contributed by atoms with Crippen LogP contribution in [-0.4, -0.2) is 23.3 Å². The van der Waals surface area contributed by atoms with Crippen LogP contribution in [0.4, 0.5) is 17.6 Å². The molecule has 0 unspecified atom stereocenters. The van der Waals surface area contributed by atoms with Crippen LogP contribution in [0.25, 0.3) is 11.1 Å². The summed E-state index contributed by atoms with van der Waals surface area (Å²) in [4.78, 5) is 24.4. The quantitative estimate of drug-likeness (QED) is 0.550. The van der Waals surface area contributed by atoms with Crippen LogP contribution in [0, 0.1) is 5.82 Å². The molecule has 134 valence electrons. The summed E-state index contributed by atoms with van der Waals surface area (Å²) < 4.78 is 56.9. The van der Waals surface area contributed by atoms with Crippen LogP contribution in [0.2, 0.25) is 0 Å². The van der Waals surface area contributed by atoms with Crippen LogP contribution in [0.15, 0.2) is 39.9 Å². The van der Waals surface area contributed by atoms with E-state index in [0.29, 0.717) is 4.57 Å². The van der Waals surface area contributed by atoms with Crippen LogP contribution >= 0.6 is 15.9 Å². The summed E-state index contributed by atoms with van der Waals surface area (Å²) in [6.07, 6.45) is -2.78. The molecule has 0 bridgehead atoms. The first-order chi connectivity index (χ1) is 11.6. The van der Waals surface area contributed by atoms with Crippen molar-refractivity contribution in [3.63, 3.8) is 0 Å². The van der Waals surface area contributed by atoms with Gasteiger partial charge in [-0.15, -0.1) is 0 Å². The fraction of sp³-hybridized carbons (Fsp3) is 0.250. The maximum Gasteiger partial charge on any atom is 0.406 e. The molecular weight excluding hydrogens is 410 g/mol. The number of nitrogens with zero attached hydrogens (tertiary/aromatic N) is 1. The fourth-order valence-corrected chi connectivity index (χ4v) is 2.53. The Balaban J connectivity index is 2.66. The Kier molecular flexibility index (Phi) is 5.66. The van der Waals surface area contributed by atoms with Gasteiger partial charge in [0, 0.05) is 18.0 Å². The van der Waals surface area contributed by atoms with Gasteiger partial charge in [0.25, 0.3) is 0 Å². The van der Waals surface area contributed by atoms with Crippen LogP contribution in [0.3, 0.4) is 0 Å². The molecule has 1 aromatic carbocycles. The fourth-order valence-electron chi connectivity index (χ4n) is 2.15. The van der Waals surface area contributed by atoms with Gasteiger partial charge in [-0.2, -0.15) is 13.2 Å². The normalized spacial score (nSPS) is 11.4. The van der Waals surface area contributed by atoms with E-state index in [1.165, 1.54) is 19.1 Å². The Morgan fingerprint density at radius 3 is 2.52 bits per heavy atom. The zero-order valence-electron chi connectivity index (χ0n) is 12.9. The van der Waals surface area contributed by atoms with Gasteiger partial charge in [-0.05, 0) is 40.5 Å². The number of halogens is 5. The summed E-state index contributed by atoms with van der Waals surface area (Å²) in [5.74, 6) is -1.62. The molecule has 0 aliphatic carbocycles. The Labute approximate surface area is 148 Å². The molecule has 0 N–H and O–H groups in total. The number of carbonyl (C=O) groups is 1. The van der Waals surface area contributed by atoms with Crippen molar-refractivity contribution in [2.24, 2.45) is 0 Å². The van der Waals surface area contributed by atoms with Gasteiger partial charge in [0.15, 0.2) is 0 Å². The number of hydrogen-bond donors (Lipinski definition) is 0. The molecule has 9 heteroatoms. The second-order valence-electron chi connectivity index (χ2n) is 5.05. The second-order valence-corrected chi connectivity index (χ2v) is 5.91. The van der Waals surface area contributed by atoms with Gasteiger partial charge in [-0.1, -0.05) is 6.07 Å². The van der Waals surface area contributed by atoms with E-state index in [0.717, 1.165) is 18.5 Å². The molecule has 0 spiro atoms. The van der Waals surface area contributed by atoms with E-state index in [9.17, 15) is 27.2 Å². The first-order valence-electron chi connectivity index (χ1n) is 7.05. The molecule has 0 aliphatic heterocycles. The van der Waals surface area contributed by atoms with Gasteiger partial charge in [0.05, 0.1) is 11.1 Å². The van der Waals surface area contributed by atoms with Crippen molar-refractivity contribution < 1.29 is 27.1 Å². The number of carbonyl (C=O) groups excluding carboxylic acids is 1. The molecule has 4 nitrogen and oxygen atoms in total. The van der Waals surface area contributed by atoms with Gasteiger partial charge in [0.2, 0.25) is 5.43 Å². The van der Waals surface area contributed by atoms with E-state index in [2.05, 4.69) is 15.9 Å². The van der Waals surface area contributed by atoms with Crippen molar-refractivity contribution in [1.29, 1.82) is 0 Å². The van der Waals surface area contributed by atoms with E-state index in [1.807, 2.05) is 0 Å². The van der Waals surface area contributed by atoms with E-state index in [4.69, 9.17) is 4.74 Å². The summed E-state index contributed by atoms with van der Waals surface area (Å²) >= 11 is 2.95. The Morgan fingerprint density at radius 2 is 1.96 bits per heavy atom. The van der Waals surface area contributed by atoms with E-state index in [1.54, 1.807) is 0 Å². The molecule has 0 aliphatic rings. The van der Waals surface area contributed by atoms with Crippen molar-refractivity contribution in [2.75, 3.05) is 6.61 Å². The average molecular weight is 422 g/mol. The molecule has 2 rings (SSSR count). The molecule has 0 atom stereocenters. The maximum absolute atomic E-state index is 13.4. The predicted molar refractivity (Wildman–Crippen MR) is 85.8 cm³/mol. The van der Waals surface area contributed by atoms with Crippen molar-refractivity contribution in [2.45, 2.75) is 19.6 Å². The lowest BCUT2D eigenvalue weighted by Crippen LogP contribution is -2.25. The van der Waals surface area contributed by atoms with Crippen molar-refractivity contribution in [3.05, 3.63) is 56.7 Å². The maximum atomic E-state index is 13.4. The van der Waals surface area contributed by atoms with Crippen molar-refractivity contribution in [3.8, 4) is 11.1 Å². The predicted octanol–water partition coefficient (Wildman–Crippen LogP) is 4.16. The lowest BCUT2D eigenvalue weighted by molar-refractivity contribution is -0.140. The topological polar surface area (TPSA) is 48.3 Å². The number of rotatable bonds is 4. The first kappa shape index (κ1) is 19.2. The van der Waals surface area contributed by atoms with E-state index in [-0.39, 0.29) is 22.2 Å². The van der Waals surface area contributed by atoms with Crippen LogP contribution in [0.5, 0.6) is 0 Å². The minimum atomic E-state index is -4.55. The SMILES string of the molecule is CCOC(=O)c1cn(CC(F)(F)F)cc(-c2ccc(F)c(Br)c2)c1=O. The van der Waals surface area contributed by atoms with Crippen LogP contribution in [0.1, 0.15) is 17.3 Å². The third-order valence-electron chi connectivity index (χ3n) is 3.17. The zero-order chi connectivity index (χ0) is 18.8. The van der Waals surface area contributed by atoms with E-state index >= 15 is 0 Å². The zero-order valence-corrected chi connectivity index (χ0v) is 14.4. The summed E-state index contributed by atoms with van der Waals surface area (Å²) in [7, 11) is 0. The highest BCUT2D eigenvalue weighted by atomic mass is 79.9. The Morgan fingerprint density at radius 1 is 1.28 bits per heavy atom. The van der Waals surface area contributed by atoms with Gasteiger partial charge in [-0.25, -0.2) is 9.18 Å². The molecule has 0 saturated carbocycles. The molecule has 0 amide bonds. The largest absolute Gasteiger partial charge is 0.462 e. The Hall–Kier alpha value is -2.16. The lowest BCUT2D eigenvalue weighted by atomic mass is 10.0. The van der Waals surface area contributed by atoms with Crippen LogP contribution in [-0.2, 0) is 11.3 Å². The summed E-state index contributed by atoms with van der Waals surface area (Å²) in [6, 6.07) is 3.55. The Bertz CT molecular complexity index is 861. The molecule has 0 radical (unpaired) electrons. The minimum Gasteiger partial charge on any atom is -0.462 e. The van der Waals surface area contributed by atoms with Gasteiger partial charge >= 0.3 is 12.1 Å². The molecule has 2 aromatic rings. The number of aromatic nitrogens is 1. The number of pyridine rings is 1. The first-order valence-corrected chi connectivity index (χ1v) is 7.85. The van der Waals surface area contributed by atoms with Crippen molar-refractivity contribution in [1.82, 2.24) is 4.57 Å². The standard InChI is InChI=1S/C16H12BrF4NO3/c1-2-25-15(24)11-7-22(8-16(19,20)21)6-10(14(11)23)9-3-4-13(18)12(17)5-9/h3-7H,2,8H2,1H3. The second kappa shape index (κ2) is 7.38. The third kappa shape index (κ3) is 4.68. The molecular formula is C16H12BrF4NO3. The van der Waals surface area contributed by atoms with Crippen LogP contribution < -0.4 is 5.43 Å². The highest BCUT2D eigenvalue weighted by Gasteiger charge is 2.29. The third-order valence-corrected chi connectivity index (χ3v) is 3.77. The minimum absolute atomic E-state index is 0.0355.